The largest absolute Gasteiger partial charge is 0.311 e. The lowest BCUT2D eigenvalue weighted by Gasteiger charge is -2.33. The average Bonchev–Trinajstić information content (AvgIpc) is 2.19. The molecule has 80 valence electrons. The van der Waals surface area contributed by atoms with Crippen LogP contribution in [0.1, 0.15) is 33.1 Å². The molecular formula is C12H22N2. The minimum atomic E-state index is 0.711. The third kappa shape index (κ3) is 4.13. The highest BCUT2D eigenvalue weighted by Gasteiger charge is 2.17. The summed E-state index contributed by atoms with van der Waals surface area (Å²) in [4.78, 5) is 2.53. The summed E-state index contributed by atoms with van der Waals surface area (Å²) >= 11 is 0. The number of rotatable bonds is 4. The number of nitrogens with one attached hydrogen (secondary N) is 1. The van der Waals surface area contributed by atoms with Crippen LogP contribution in [0.4, 0.5) is 0 Å². The smallest absolute Gasteiger partial charge is 0.0216 e. The van der Waals surface area contributed by atoms with Gasteiger partial charge in [0.2, 0.25) is 0 Å². The van der Waals surface area contributed by atoms with Crippen molar-refractivity contribution in [3.05, 3.63) is 0 Å². The molecule has 0 radical (unpaired) electrons. The van der Waals surface area contributed by atoms with Gasteiger partial charge >= 0.3 is 0 Å². The molecule has 1 atom stereocenters. The van der Waals surface area contributed by atoms with Crippen molar-refractivity contribution >= 4 is 0 Å². The highest BCUT2D eigenvalue weighted by Crippen LogP contribution is 2.05. The van der Waals surface area contributed by atoms with Gasteiger partial charge in [-0.3, -0.25) is 4.90 Å². The highest BCUT2D eigenvalue weighted by atomic mass is 15.2. The Morgan fingerprint density at radius 3 is 3.07 bits per heavy atom. The topological polar surface area (TPSA) is 15.3 Å². The Morgan fingerprint density at radius 1 is 1.50 bits per heavy atom. The summed E-state index contributed by atoms with van der Waals surface area (Å²) < 4.78 is 0. The number of nitrogens with zero attached hydrogens (tertiary/aromatic N) is 1. The zero-order valence-corrected chi connectivity index (χ0v) is 9.47. The fourth-order valence-corrected chi connectivity index (χ4v) is 1.98. The molecule has 14 heavy (non-hydrogen) atoms. The standard InChI is InChI=1S/C12H22N2/c1-3-5-6-9-14-10-8-13-12(11-14)7-4-2/h12-13H,4,6-11H2,1-2H3. The van der Waals surface area contributed by atoms with E-state index in [0.29, 0.717) is 6.04 Å². The van der Waals surface area contributed by atoms with Crippen LogP contribution in [-0.2, 0) is 0 Å². The monoisotopic (exact) mass is 194 g/mol. The van der Waals surface area contributed by atoms with Gasteiger partial charge in [-0.2, -0.15) is 0 Å². The molecule has 1 fully saturated rings. The van der Waals surface area contributed by atoms with Crippen LogP contribution in [0, 0.1) is 11.8 Å². The van der Waals surface area contributed by atoms with Gasteiger partial charge in [0.1, 0.15) is 0 Å². The molecule has 2 nitrogen and oxygen atoms in total. The Kier molecular flexibility index (Phi) is 5.66. The van der Waals surface area contributed by atoms with Crippen molar-refractivity contribution in [1.82, 2.24) is 10.2 Å². The third-order valence-corrected chi connectivity index (χ3v) is 2.71. The Hall–Kier alpha value is -0.520. The summed E-state index contributed by atoms with van der Waals surface area (Å²) in [6.07, 6.45) is 3.60. The van der Waals surface area contributed by atoms with E-state index in [2.05, 4.69) is 29.0 Å². The lowest BCUT2D eigenvalue weighted by atomic mass is 10.1. The summed E-state index contributed by atoms with van der Waals surface area (Å²) in [6, 6.07) is 0.711. The first-order valence-electron chi connectivity index (χ1n) is 5.72. The van der Waals surface area contributed by atoms with Gasteiger partial charge in [-0.25, -0.2) is 0 Å². The van der Waals surface area contributed by atoms with Gasteiger partial charge < -0.3 is 5.32 Å². The predicted molar refractivity (Wildman–Crippen MR) is 61.2 cm³/mol. The van der Waals surface area contributed by atoms with E-state index in [-0.39, 0.29) is 0 Å². The molecule has 1 saturated heterocycles. The molecular weight excluding hydrogens is 172 g/mol. The van der Waals surface area contributed by atoms with Crippen LogP contribution < -0.4 is 5.32 Å². The fraction of sp³-hybridized carbons (Fsp3) is 0.833. The molecule has 1 aliphatic rings. The maximum atomic E-state index is 3.56. The van der Waals surface area contributed by atoms with Crippen molar-refractivity contribution in [2.75, 3.05) is 26.2 Å². The number of piperazine rings is 1. The van der Waals surface area contributed by atoms with Crippen LogP contribution in [0.2, 0.25) is 0 Å². The zero-order chi connectivity index (χ0) is 10.2. The summed E-state index contributed by atoms with van der Waals surface area (Å²) in [5.74, 6) is 6.08. The van der Waals surface area contributed by atoms with Crippen molar-refractivity contribution < 1.29 is 0 Å². The van der Waals surface area contributed by atoms with E-state index in [0.717, 1.165) is 19.5 Å². The highest BCUT2D eigenvalue weighted by molar-refractivity contribution is 4.95. The van der Waals surface area contributed by atoms with Crippen LogP contribution >= 0.6 is 0 Å². The van der Waals surface area contributed by atoms with Crippen LogP contribution in [-0.4, -0.2) is 37.1 Å². The third-order valence-electron chi connectivity index (χ3n) is 2.71. The lowest BCUT2D eigenvalue weighted by Crippen LogP contribution is -2.50. The van der Waals surface area contributed by atoms with Gasteiger partial charge in [-0.05, 0) is 13.3 Å². The van der Waals surface area contributed by atoms with Gasteiger partial charge in [0.25, 0.3) is 0 Å². The molecule has 0 aromatic rings. The lowest BCUT2D eigenvalue weighted by molar-refractivity contribution is 0.198. The molecule has 0 amide bonds. The molecule has 0 aromatic carbocycles. The van der Waals surface area contributed by atoms with Crippen molar-refractivity contribution in [3.63, 3.8) is 0 Å². The maximum absolute atomic E-state index is 3.56. The van der Waals surface area contributed by atoms with E-state index in [1.807, 2.05) is 6.92 Å². The van der Waals surface area contributed by atoms with E-state index in [4.69, 9.17) is 0 Å². The second-order valence-corrected chi connectivity index (χ2v) is 3.92. The van der Waals surface area contributed by atoms with Crippen LogP contribution in [0.25, 0.3) is 0 Å². The first-order valence-corrected chi connectivity index (χ1v) is 5.72. The van der Waals surface area contributed by atoms with Crippen LogP contribution in [0.3, 0.4) is 0 Å². The van der Waals surface area contributed by atoms with Crippen molar-refractivity contribution in [3.8, 4) is 11.8 Å². The molecule has 0 aliphatic carbocycles. The molecule has 0 spiro atoms. The van der Waals surface area contributed by atoms with Gasteiger partial charge in [-0.15, -0.1) is 11.8 Å². The van der Waals surface area contributed by atoms with Crippen molar-refractivity contribution in [1.29, 1.82) is 0 Å². The molecule has 0 bridgehead atoms. The maximum Gasteiger partial charge on any atom is 0.0216 e. The van der Waals surface area contributed by atoms with E-state index in [9.17, 15) is 0 Å². The molecule has 0 saturated carbocycles. The van der Waals surface area contributed by atoms with Gasteiger partial charge in [-0.1, -0.05) is 13.3 Å². The van der Waals surface area contributed by atoms with E-state index in [1.165, 1.54) is 25.9 Å². The number of hydrogen-bond donors (Lipinski definition) is 1. The second kappa shape index (κ2) is 6.86. The molecule has 0 aromatic heterocycles. The molecule has 1 aliphatic heterocycles. The van der Waals surface area contributed by atoms with Gasteiger partial charge in [0.05, 0.1) is 0 Å². The molecule has 1 rings (SSSR count). The van der Waals surface area contributed by atoms with Gasteiger partial charge in [0, 0.05) is 38.6 Å². The average molecular weight is 194 g/mol. The summed E-state index contributed by atoms with van der Waals surface area (Å²) in [5, 5.41) is 3.56. The number of hydrogen-bond acceptors (Lipinski definition) is 2. The predicted octanol–water partition coefficient (Wildman–Crippen LogP) is 1.47. The first kappa shape index (κ1) is 11.6. The molecule has 1 heterocycles. The Labute approximate surface area is 88.1 Å². The van der Waals surface area contributed by atoms with Gasteiger partial charge in [0.15, 0.2) is 0 Å². The SMILES string of the molecule is CC#CCCN1CCNC(CCC)C1. The Balaban J connectivity index is 2.20. The Bertz CT molecular complexity index is 200. The van der Waals surface area contributed by atoms with E-state index < -0.39 is 0 Å². The first-order chi connectivity index (χ1) is 6.86. The minimum absolute atomic E-state index is 0.711. The van der Waals surface area contributed by atoms with Crippen LogP contribution in [0.15, 0.2) is 0 Å². The second-order valence-electron chi connectivity index (χ2n) is 3.92. The fourth-order valence-electron chi connectivity index (χ4n) is 1.98. The van der Waals surface area contributed by atoms with Crippen molar-refractivity contribution in [2.24, 2.45) is 0 Å². The molecule has 2 heteroatoms. The molecule has 1 N–H and O–H groups in total. The molecule has 1 unspecified atom stereocenters. The van der Waals surface area contributed by atoms with Crippen molar-refractivity contribution in [2.45, 2.75) is 39.2 Å². The normalized spacial score (nSPS) is 22.9. The quantitative estimate of drug-likeness (QED) is 0.682. The summed E-state index contributed by atoms with van der Waals surface area (Å²) in [6.45, 7) is 8.85. The zero-order valence-electron chi connectivity index (χ0n) is 9.47. The minimum Gasteiger partial charge on any atom is -0.311 e. The van der Waals surface area contributed by atoms with E-state index >= 15 is 0 Å². The summed E-state index contributed by atoms with van der Waals surface area (Å²) in [5.41, 5.74) is 0. The Morgan fingerprint density at radius 2 is 2.36 bits per heavy atom. The van der Waals surface area contributed by atoms with E-state index in [1.54, 1.807) is 0 Å². The summed E-state index contributed by atoms with van der Waals surface area (Å²) in [7, 11) is 0. The van der Waals surface area contributed by atoms with Crippen LogP contribution in [0.5, 0.6) is 0 Å².